The van der Waals surface area contributed by atoms with Crippen molar-refractivity contribution in [3.63, 3.8) is 0 Å². The smallest absolute Gasteiger partial charge is 0.125 e. The Balaban J connectivity index is 2.37. The topological polar surface area (TPSA) is 29.3 Å². The first-order chi connectivity index (χ1) is 9.65. The Kier molecular flexibility index (Phi) is 4.99. The van der Waals surface area contributed by atoms with Gasteiger partial charge in [0.05, 0.1) is 10.7 Å². The third kappa shape index (κ3) is 3.30. The van der Waals surface area contributed by atoms with E-state index in [0.717, 1.165) is 23.4 Å². The van der Waals surface area contributed by atoms with Crippen molar-refractivity contribution in [3.05, 3.63) is 58.9 Å². The molecule has 2 aromatic carbocycles. The van der Waals surface area contributed by atoms with Crippen LogP contribution in [0.2, 0.25) is 5.02 Å². The van der Waals surface area contributed by atoms with Gasteiger partial charge in [-0.2, -0.15) is 0 Å². The van der Waals surface area contributed by atoms with Crippen molar-refractivity contribution in [3.8, 4) is 0 Å². The van der Waals surface area contributed by atoms with Gasteiger partial charge in [-0.05, 0) is 55.8 Å². The number of halogens is 2. The highest BCUT2D eigenvalue weighted by atomic mass is 35.5. The minimum atomic E-state index is -0.253. The van der Waals surface area contributed by atoms with Crippen LogP contribution in [0.1, 0.15) is 12.5 Å². The van der Waals surface area contributed by atoms with Crippen molar-refractivity contribution in [2.75, 3.05) is 18.0 Å². The van der Waals surface area contributed by atoms with E-state index in [-0.39, 0.29) is 5.82 Å². The van der Waals surface area contributed by atoms with Gasteiger partial charge in [0.15, 0.2) is 0 Å². The molecule has 2 nitrogen and oxygen atoms in total. The van der Waals surface area contributed by atoms with Crippen molar-refractivity contribution >= 4 is 23.0 Å². The van der Waals surface area contributed by atoms with E-state index < -0.39 is 0 Å². The molecule has 0 saturated carbocycles. The summed E-state index contributed by atoms with van der Waals surface area (Å²) in [6, 6.07) is 12.4. The van der Waals surface area contributed by atoms with E-state index in [1.54, 1.807) is 6.07 Å². The van der Waals surface area contributed by atoms with E-state index in [2.05, 4.69) is 0 Å². The van der Waals surface area contributed by atoms with Crippen LogP contribution >= 0.6 is 11.6 Å². The molecule has 0 spiro atoms. The summed E-state index contributed by atoms with van der Waals surface area (Å²) in [4.78, 5) is 1.98. The highest BCUT2D eigenvalue weighted by Crippen LogP contribution is 2.32. The van der Waals surface area contributed by atoms with Gasteiger partial charge in [0.1, 0.15) is 5.82 Å². The molecule has 0 atom stereocenters. The lowest BCUT2D eigenvalue weighted by molar-refractivity contribution is 0.627. The fraction of sp³-hybridized carbons (Fsp3) is 0.250. The molecule has 0 amide bonds. The number of benzene rings is 2. The summed E-state index contributed by atoms with van der Waals surface area (Å²) in [6.45, 7) is 3.31. The average Bonchev–Trinajstić information content (AvgIpc) is 2.42. The van der Waals surface area contributed by atoms with E-state index in [0.29, 0.717) is 18.1 Å². The second kappa shape index (κ2) is 6.73. The monoisotopic (exact) mass is 292 g/mol. The Bertz CT molecular complexity index is 586. The molecule has 0 aliphatic heterocycles. The minimum Gasteiger partial charge on any atom is -0.340 e. The molecule has 2 N–H and O–H groups in total. The van der Waals surface area contributed by atoms with Crippen molar-refractivity contribution in [1.82, 2.24) is 0 Å². The highest BCUT2D eigenvalue weighted by Gasteiger charge is 2.12. The summed E-state index contributed by atoms with van der Waals surface area (Å²) >= 11 is 6.35. The zero-order chi connectivity index (χ0) is 14.5. The third-order valence-electron chi connectivity index (χ3n) is 3.17. The summed E-state index contributed by atoms with van der Waals surface area (Å²) in [5, 5.41) is 0.655. The fourth-order valence-electron chi connectivity index (χ4n) is 2.23. The summed E-state index contributed by atoms with van der Waals surface area (Å²) in [7, 11) is 0. The largest absolute Gasteiger partial charge is 0.340 e. The summed E-state index contributed by atoms with van der Waals surface area (Å²) in [6.07, 6.45) is 0.798. The van der Waals surface area contributed by atoms with Gasteiger partial charge in [-0.3, -0.25) is 0 Å². The van der Waals surface area contributed by atoms with Gasteiger partial charge in [-0.15, -0.1) is 0 Å². The van der Waals surface area contributed by atoms with E-state index >= 15 is 0 Å². The van der Waals surface area contributed by atoms with Gasteiger partial charge in [-0.25, -0.2) is 4.39 Å². The molecule has 0 unspecified atom stereocenters. The van der Waals surface area contributed by atoms with Crippen LogP contribution in [0.25, 0.3) is 0 Å². The standard InChI is InChI=1S/C16H18ClFN2/c1-2-20(14-5-3-4-13(18)11-14)16-7-6-12(8-9-19)10-15(16)17/h3-7,10-11H,2,8-9,19H2,1H3. The molecule has 0 aliphatic carbocycles. The Morgan fingerprint density at radius 1 is 1.20 bits per heavy atom. The van der Waals surface area contributed by atoms with Crippen LogP contribution in [0.4, 0.5) is 15.8 Å². The summed E-state index contributed by atoms with van der Waals surface area (Å²) in [5.74, 6) is -0.253. The van der Waals surface area contributed by atoms with Crippen molar-refractivity contribution in [2.24, 2.45) is 5.73 Å². The SMILES string of the molecule is CCN(c1cccc(F)c1)c1ccc(CCN)cc1Cl. The molecule has 0 heterocycles. The molecular formula is C16H18ClFN2. The van der Waals surface area contributed by atoms with E-state index in [1.807, 2.05) is 36.1 Å². The van der Waals surface area contributed by atoms with Crippen LogP contribution in [0, 0.1) is 5.82 Å². The molecule has 106 valence electrons. The number of nitrogens with zero attached hydrogens (tertiary/aromatic N) is 1. The van der Waals surface area contributed by atoms with E-state index in [1.165, 1.54) is 12.1 Å². The molecule has 0 bridgehead atoms. The maximum atomic E-state index is 13.4. The Morgan fingerprint density at radius 3 is 2.60 bits per heavy atom. The summed E-state index contributed by atoms with van der Waals surface area (Å²) < 4.78 is 13.4. The van der Waals surface area contributed by atoms with Crippen LogP contribution in [-0.4, -0.2) is 13.1 Å². The maximum Gasteiger partial charge on any atom is 0.125 e. The molecule has 2 rings (SSSR count). The van der Waals surface area contributed by atoms with E-state index in [4.69, 9.17) is 17.3 Å². The predicted molar refractivity (Wildman–Crippen MR) is 83.3 cm³/mol. The lowest BCUT2D eigenvalue weighted by atomic mass is 10.1. The van der Waals surface area contributed by atoms with Gasteiger partial charge in [0.25, 0.3) is 0 Å². The second-order valence-corrected chi connectivity index (χ2v) is 4.96. The molecule has 0 aromatic heterocycles. The Morgan fingerprint density at radius 2 is 2.00 bits per heavy atom. The first-order valence-electron chi connectivity index (χ1n) is 6.67. The van der Waals surface area contributed by atoms with E-state index in [9.17, 15) is 4.39 Å². The van der Waals surface area contributed by atoms with Crippen LogP contribution < -0.4 is 10.6 Å². The summed E-state index contributed by atoms with van der Waals surface area (Å²) in [5.41, 5.74) is 8.32. The number of hydrogen-bond acceptors (Lipinski definition) is 2. The predicted octanol–water partition coefficient (Wildman–Crippen LogP) is 4.14. The van der Waals surface area contributed by atoms with Gasteiger partial charge in [0, 0.05) is 12.2 Å². The minimum absolute atomic E-state index is 0.253. The molecule has 20 heavy (non-hydrogen) atoms. The molecule has 0 fully saturated rings. The lowest BCUT2D eigenvalue weighted by Crippen LogP contribution is -2.16. The van der Waals surface area contributed by atoms with Gasteiger partial charge < -0.3 is 10.6 Å². The van der Waals surface area contributed by atoms with Crippen LogP contribution in [0.15, 0.2) is 42.5 Å². The molecule has 0 saturated heterocycles. The first kappa shape index (κ1) is 14.8. The van der Waals surface area contributed by atoms with Gasteiger partial charge >= 0.3 is 0 Å². The zero-order valence-corrected chi connectivity index (χ0v) is 12.2. The maximum absolute atomic E-state index is 13.4. The fourth-order valence-corrected chi connectivity index (χ4v) is 2.53. The highest BCUT2D eigenvalue weighted by molar-refractivity contribution is 6.33. The van der Waals surface area contributed by atoms with Crippen molar-refractivity contribution in [1.29, 1.82) is 0 Å². The quantitative estimate of drug-likeness (QED) is 0.897. The van der Waals surface area contributed by atoms with Crippen LogP contribution in [0.5, 0.6) is 0 Å². The second-order valence-electron chi connectivity index (χ2n) is 4.55. The first-order valence-corrected chi connectivity index (χ1v) is 7.05. The molecular weight excluding hydrogens is 275 g/mol. The van der Waals surface area contributed by atoms with Crippen LogP contribution in [-0.2, 0) is 6.42 Å². The number of rotatable bonds is 5. The number of anilines is 2. The number of nitrogens with two attached hydrogens (primary N) is 1. The Hall–Kier alpha value is -1.58. The van der Waals surface area contributed by atoms with Crippen molar-refractivity contribution in [2.45, 2.75) is 13.3 Å². The molecule has 0 aliphatic rings. The number of hydrogen-bond donors (Lipinski definition) is 1. The molecule has 2 aromatic rings. The molecule has 4 heteroatoms. The average molecular weight is 293 g/mol. The van der Waals surface area contributed by atoms with Gasteiger partial charge in [-0.1, -0.05) is 23.7 Å². The van der Waals surface area contributed by atoms with Gasteiger partial charge in [0.2, 0.25) is 0 Å². The Labute approximate surface area is 124 Å². The van der Waals surface area contributed by atoms with Crippen molar-refractivity contribution < 1.29 is 4.39 Å². The van der Waals surface area contributed by atoms with Crippen LogP contribution in [0.3, 0.4) is 0 Å². The lowest BCUT2D eigenvalue weighted by Gasteiger charge is -2.24. The zero-order valence-electron chi connectivity index (χ0n) is 11.4. The normalized spacial score (nSPS) is 10.6. The third-order valence-corrected chi connectivity index (χ3v) is 3.47. The molecule has 0 radical (unpaired) electrons.